The lowest BCUT2D eigenvalue weighted by molar-refractivity contribution is -0.118. The van der Waals surface area contributed by atoms with Gasteiger partial charge in [0.25, 0.3) is 0 Å². The molecule has 0 radical (unpaired) electrons. The van der Waals surface area contributed by atoms with Crippen molar-refractivity contribution in [2.24, 2.45) is 11.8 Å². The predicted octanol–water partition coefficient (Wildman–Crippen LogP) is 6.00. The van der Waals surface area contributed by atoms with Crippen LogP contribution in [0, 0.1) is 31.5 Å². The van der Waals surface area contributed by atoms with Crippen LogP contribution in [-0.2, 0) is 11.2 Å². The van der Waals surface area contributed by atoms with Crippen molar-refractivity contribution in [3.63, 3.8) is 0 Å². The predicted molar refractivity (Wildman–Crippen MR) is 134 cm³/mol. The van der Waals surface area contributed by atoms with E-state index in [1.54, 1.807) is 13.0 Å². The summed E-state index contributed by atoms with van der Waals surface area (Å²) < 4.78 is 16.1. The number of carbonyl (C=O) groups is 1. The number of hydrogen-bond donors (Lipinski definition) is 1. The van der Waals surface area contributed by atoms with Crippen LogP contribution in [0.5, 0.6) is 0 Å². The first-order valence-electron chi connectivity index (χ1n) is 12.6. The van der Waals surface area contributed by atoms with Gasteiger partial charge in [-0.05, 0) is 87.0 Å². The third-order valence-electron chi connectivity index (χ3n) is 7.60. The van der Waals surface area contributed by atoms with Crippen molar-refractivity contribution in [2.75, 3.05) is 6.61 Å². The van der Waals surface area contributed by atoms with Gasteiger partial charge >= 0.3 is 0 Å². The summed E-state index contributed by atoms with van der Waals surface area (Å²) in [5.74, 6) is 3.64. The molecule has 1 aromatic carbocycles. The molecule has 188 valence electrons. The van der Waals surface area contributed by atoms with E-state index in [2.05, 4.69) is 28.6 Å². The smallest absolute Gasteiger partial charge is 0.138 e. The molecular formula is C27H39ClFN3O2. The number of aliphatic hydroxyl groups is 1. The van der Waals surface area contributed by atoms with Crippen molar-refractivity contribution in [2.45, 2.75) is 96.9 Å². The van der Waals surface area contributed by atoms with Gasteiger partial charge in [-0.15, -0.1) is 22.6 Å². The van der Waals surface area contributed by atoms with Crippen molar-refractivity contribution >= 4 is 18.2 Å². The Bertz CT molecular complexity index is 996. The first kappa shape index (κ1) is 26.8. The van der Waals surface area contributed by atoms with Crippen molar-refractivity contribution in [3.05, 3.63) is 46.3 Å². The molecule has 1 atom stereocenters. The van der Waals surface area contributed by atoms with Crippen molar-refractivity contribution in [1.29, 1.82) is 0 Å². The van der Waals surface area contributed by atoms with E-state index in [4.69, 9.17) is 0 Å². The highest BCUT2D eigenvalue weighted by molar-refractivity contribution is 5.85. The van der Waals surface area contributed by atoms with Gasteiger partial charge in [-0.1, -0.05) is 19.9 Å². The van der Waals surface area contributed by atoms with Crippen LogP contribution in [0.25, 0.3) is 0 Å². The molecule has 2 saturated carbocycles. The molecule has 0 aliphatic heterocycles. The number of carbonyl (C=O) groups excluding carboxylic acids is 1. The lowest BCUT2D eigenvalue weighted by atomic mass is 9.71. The Morgan fingerprint density at radius 3 is 2.50 bits per heavy atom. The average Bonchev–Trinajstić information content (AvgIpc) is 3.49. The van der Waals surface area contributed by atoms with Crippen LogP contribution in [0.1, 0.15) is 105 Å². The zero-order valence-electron chi connectivity index (χ0n) is 20.9. The fourth-order valence-corrected chi connectivity index (χ4v) is 5.46. The van der Waals surface area contributed by atoms with Crippen LogP contribution >= 0.6 is 12.4 Å². The Hall–Kier alpha value is -1.79. The van der Waals surface area contributed by atoms with Crippen LogP contribution in [0.2, 0.25) is 0 Å². The molecule has 34 heavy (non-hydrogen) atoms. The molecule has 7 heteroatoms. The van der Waals surface area contributed by atoms with Crippen molar-refractivity contribution in [3.8, 4) is 0 Å². The molecule has 5 nitrogen and oxygen atoms in total. The second kappa shape index (κ2) is 11.3. The maximum Gasteiger partial charge on any atom is 0.138 e. The van der Waals surface area contributed by atoms with Crippen LogP contribution in [-0.4, -0.2) is 32.3 Å². The first-order chi connectivity index (χ1) is 15.8. The van der Waals surface area contributed by atoms with E-state index < -0.39 is 0 Å². The quantitative estimate of drug-likeness (QED) is 0.418. The second-order valence-corrected chi connectivity index (χ2v) is 10.8. The Morgan fingerprint density at radius 1 is 1.18 bits per heavy atom. The Labute approximate surface area is 209 Å². The standard InChI is InChI=1S/C27H38FN3O2.ClH/c1-16(2)11-19-12-22(13-19)27-30-29-26(31(27)23-6-7-23)21(9-10-32)15-24(33)14-20-5-8-25(28)18(4)17(20)3;/h5,8,16,19,21-23,32H,6-7,9-15H2,1-4H3;1H/t19?,21-,22?;/m0./s1. The van der Waals surface area contributed by atoms with Gasteiger partial charge in [0.05, 0.1) is 0 Å². The minimum atomic E-state index is -0.237. The lowest BCUT2D eigenvalue weighted by Crippen LogP contribution is -2.26. The number of halogens is 2. The Morgan fingerprint density at radius 2 is 1.88 bits per heavy atom. The topological polar surface area (TPSA) is 68.0 Å². The molecule has 0 unspecified atom stereocenters. The molecule has 1 heterocycles. The molecule has 2 aromatic rings. The Kier molecular flexibility index (Phi) is 8.91. The summed E-state index contributed by atoms with van der Waals surface area (Å²) in [7, 11) is 0. The summed E-state index contributed by atoms with van der Waals surface area (Å²) in [6.07, 6.45) is 6.98. The van der Waals surface area contributed by atoms with E-state index in [0.29, 0.717) is 30.4 Å². The van der Waals surface area contributed by atoms with Crippen LogP contribution in [0.3, 0.4) is 0 Å². The summed E-state index contributed by atoms with van der Waals surface area (Å²) in [6, 6.07) is 3.59. The summed E-state index contributed by atoms with van der Waals surface area (Å²) >= 11 is 0. The monoisotopic (exact) mass is 491 g/mol. The molecular weight excluding hydrogens is 453 g/mol. The van der Waals surface area contributed by atoms with E-state index in [0.717, 1.165) is 47.5 Å². The lowest BCUT2D eigenvalue weighted by Gasteiger charge is -2.36. The molecule has 0 saturated heterocycles. The number of rotatable bonds is 11. The Balaban J connectivity index is 0.00000324. The summed E-state index contributed by atoms with van der Waals surface area (Å²) in [5.41, 5.74) is 2.31. The highest BCUT2D eigenvalue weighted by Gasteiger charge is 2.39. The van der Waals surface area contributed by atoms with Gasteiger partial charge in [0.1, 0.15) is 23.2 Å². The van der Waals surface area contributed by atoms with E-state index >= 15 is 0 Å². The number of Topliss-reactive ketones (excluding diaryl/α,β-unsaturated/α-hetero) is 1. The largest absolute Gasteiger partial charge is 0.396 e. The first-order valence-corrected chi connectivity index (χ1v) is 12.6. The van der Waals surface area contributed by atoms with Gasteiger partial charge in [0.2, 0.25) is 0 Å². The van der Waals surface area contributed by atoms with Crippen molar-refractivity contribution < 1.29 is 14.3 Å². The third kappa shape index (κ3) is 5.88. The molecule has 2 fully saturated rings. The van der Waals surface area contributed by atoms with Crippen LogP contribution in [0.15, 0.2) is 12.1 Å². The normalized spacial score (nSPS) is 20.7. The zero-order chi connectivity index (χ0) is 23.7. The van der Waals surface area contributed by atoms with Gasteiger partial charge in [-0.2, -0.15) is 0 Å². The van der Waals surface area contributed by atoms with Crippen molar-refractivity contribution in [1.82, 2.24) is 14.8 Å². The number of nitrogens with zero attached hydrogens (tertiary/aromatic N) is 3. The van der Waals surface area contributed by atoms with Gasteiger partial charge in [0.15, 0.2) is 0 Å². The summed E-state index contributed by atoms with van der Waals surface area (Å²) in [4.78, 5) is 13.0. The summed E-state index contributed by atoms with van der Waals surface area (Å²) in [6.45, 7) is 8.19. The molecule has 1 aromatic heterocycles. The number of aliphatic hydroxyl groups excluding tert-OH is 1. The van der Waals surface area contributed by atoms with Crippen LogP contribution < -0.4 is 0 Å². The van der Waals surface area contributed by atoms with Gasteiger partial charge < -0.3 is 9.67 Å². The highest BCUT2D eigenvalue weighted by atomic mass is 35.5. The van der Waals surface area contributed by atoms with E-state index in [1.807, 2.05) is 6.92 Å². The van der Waals surface area contributed by atoms with Crippen LogP contribution in [0.4, 0.5) is 4.39 Å². The minimum absolute atomic E-state index is 0. The number of benzene rings is 1. The second-order valence-electron chi connectivity index (χ2n) is 10.8. The average molecular weight is 492 g/mol. The zero-order valence-corrected chi connectivity index (χ0v) is 21.7. The molecule has 4 rings (SSSR count). The fraction of sp³-hybridized carbons (Fsp3) is 0.667. The molecule has 0 spiro atoms. The number of hydrogen-bond acceptors (Lipinski definition) is 4. The van der Waals surface area contributed by atoms with E-state index in [9.17, 15) is 14.3 Å². The fourth-order valence-electron chi connectivity index (χ4n) is 5.46. The van der Waals surface area contributed by atoms with E-state index in [1.165, 1.54) is 25.3 Å². The molecule has 0 bridgehead atoms. The highest BCUT2D eigenvalue weighted by Crippen LogP contribution is 2.48. The minimum Gasteiger partial charge on any atom is -0.396 e. The number of aromatic nitrogens is 3. The van der Waals surface area contributed by atoms with E-state index in [-0.39, 0.29) is 43.0 Å². The molecule has 2 aliphatic rings. The van der Waals surface area contributed by atoms with Gasteiger partial charge in [-0.3, -0.25) is 4.79 Å². The molecule has 1 N–H and O–H groups in total. The van der Waals surface area contributed by atoms with Gasteiger partial charge in [-0.25, -0.2) is 4.39 Å². The maximum atomic E-state index is 13.8. The third-order valence-corrected chi connectivity index (χ3v) is 7.60. The maximum absolute atomic E-state index is 13.8. The molecule has 2 aliphatic carbocycles. The number of ketones is 1. The summed E-state index contributed by atoms with van der Waals surface area (Å²) in [5, 5.41) is 18.9. The molecule has 0 amide bonds. The SMILES string of the molecule is Cc1c(F)ccc(CC(=O)C[C@H](CCO)c2nnc(C3CC(CC(C)C)C3)n2C2CC2)c1C.Cl. The van der Waals surface area contributed by atoms with Gasteiger partial charge in [0, 0.05) is 37.3 Å².